The van der Waals surface area contributed by atoms with Crippen LogP contribution in [0.25, 0.3) is 0 Å². The van der Waals surface area contributed by atoms with Gasteiger partial charge in [-0.15, -0.1) is 0 Å². The predicted octanol–water partition coefficient (Wildman–Crippen LogP) is 6.50. The minimum atomic E-state index is -1.22. The molecule has 0 bridgehead atoms. The molecule has 8 heteroatoms. The summed E-state index contributed by atoms with van der Waals surface area (Å²) in [6, 6.07) is 20.0. The van der Waals surface area contributed by atoms with Gasteiger partial charge >= 0.3 is 6.09 Å². The summed E-state index contributed by atoms with van der Waals surface area (Å²) in [5.41, 5.74) is 3.45. The number of hydrogen-bond acceptors (Lipinski definition) is 4. The summed E-state index contributed by atoms with van der Waals surface area (Å²) >= 11 is 6.41. The standard InChI is InChI=1S/C33H36ClN3O4/c1-8-37(31(39)27(20-24-16-10-9-11-17-24)35-32(40)41-33(5,6)7)29(25-18-12-14-21(2)23(25)4)30(38)36-28-22(3)15-13-19-26(28)34/h1,9-19,27,29H,20H2,2-7H3,(H,35,40)(H,36,38). The average Bonchev–Trinajstić information content (AvgIpc) is 2.90. The number of rotatable bonds is 8. The van der Waals surface area contributed by atoms with Crippen LogP contribution in [0, 0.1) is 33.2 Å². The second-order valence-corrected chi connectivity index (χ2v) is 11.2. The minimum Gasteiger partial charge on any atom is -0.444 e. The minimum absolute atomic E-state index is 0.127. The van der Waals surface area contributed by atoms with Gasteiger partial charge in [-0.1, -0.05) is 78.7 Å². The molecule has 0 aliphatic rings. The van der Waals surface area contributed by atoms with Crippen LogP contribution in [0.3, 0.4) is 0 Å². The molecular formula is C33H36ClN3O4. The maximum atomic E-state index is 14.2. The number of para-hydroxylation sites is 1. The SMILES string of the molecule is C#CN(C(=O)C(Cc1ccccc1)NC(=O)OC(C)(C)C)C(C(=O)Nc1c(C)cccc1Cl)c1cccc(C)c1C. The number of anilines is 1. The molecule has 0 fully saturated rings. The molecule has 7 nitrogen and oxygen atoms in total. The Hall–Kier alpha value is -4.28. The Morgan fingerprint density at radius 3 is 2.20 bits per heavy atom. The monoisotopic (exact) mass is 573 g/mol. The Morgan fingerprint density at radius 1 is 0.951 bits per heavy atom. The van der Waals surface area contributed by atoms with Gasteiger partial charge < -0.3 is 15.4 Å². The van der Waals surface area contributed by atoms with Crippen molar-refractivity contribution in [3.63, 3.8) is 0 Å². The van der Waals surface area contributed by atoms with E-state index in [1.165, 1.54) is 0 Å². The third-order valence-corrected chi connectivity index (χ3v) is 6.88. The first-order valence-corrected chi connectivity index (χ1v) is 13.6. The van der Waals surface area contributed by atoms with Gasteiger partial charge in [0.1, 0.15) is 17.7 Å². The highest BCUT2D eigenvalue weighted by Crippen LogP contribution is 2.31. The van der Waals surface area contributed by atoms with E-state index in [2.05, 4.69) is 16.7 Å². The van der Waals surface area contributed by atoms with E-state index in [1.54, 1.807) is 45.0 Å². The number of aryl methyl sites for hydroxylation is 2. The highest BCUT2D eigenvalue weighted by molar-refractivity contribution is 6.34. The molecule has 0 saturated heterocycles. The van der Waals surface area contributed by atoms with E-state index < -0.39 is 35.6 Å². The highest BCUT2D eigenvalue weighted by Gasteiger charge is 2.37. The zero-order valence-corrected chi connectivity index (χ0v) is 25.0. The third-order valence-electron chi connectivity index (χ3n) is 6.57. The first-order chi connectivity index (χ1) is 19.3. The van der Waals surface area contributed by atoms with Crippen LogP contribution in [0.5, 0.6) is 0 Å². The number of carbonyl (C=O) groups excluding carboxylic acids is 3. The maximum absolute atomic E-state index is 14.2. The van der Waals surface area contributed by atoms with Crippen LogP contribution in [-0.2, 0) is 20.7 Å². The second-order valence-electron chi connectivity index (χ2n) is 10.8. The van der Waals surface area contributed by atoms with Crippen molar-refractivity contribution in [1.29, 1.82) is 0 Å². The predicted molar refractivity (Wildman–Crippen MR) is 162 cm³/mol. The zero-order chi connectivity index (χ0) is 30.3. The quantitative estimate of drug-likeness (QED) is 0.238. The molecule has 0 spiro atoms. The number of amides is 3. The van der Waals surface area contributed by atoms with Crippen molar-refractivity contribution in [1.82, 2.24) is 10.2 Å². The lowest BCUT2D eigenvalue weighted by Crippen LogP contribution is -2.52. The summed E-state index contributed by atoms with van der Waals surface area (Å²) < 4.78 is 5.44. The summed E-state index contributed by atoms with van der Waals surface area (Å²) in [5, 5.41) is 5.91. The van der Waals surface area contributed by atoms with Gasteiger partial charge in [-0.05, 0) is 75.4 Å². The Bertz CT molecular complexity index is 1440. The van der Waals surface area contributed by atoms with Gasteiger partial charge in [-0.25, -0.2) is 4.79 Å². The number of hydrogen-bond donors (Lipinski definition) is 2. The van der Waals surface area contributed by atoms with Crippen LogP contribution in [-0.4, -0.2) is 34.5 Å². The van der Waals surface area contributed by atoms with Crippen LogP contribution < -0.4 is 10.6 Å². The summed E-state index contributed by atoms with van der Waals surface area (Å²) in [4.78, 5) is 42.0. The van der Waals surface area contributed by atoms with Crippen molar-refractivity contribution >= 4 is 35.2 Å². The maximum Gasteiger partial charge on any atom is 0.408 e. The Kier molecular flexibility index (Phi) is 10.2. The lowest BCUT2D eigenvalue weighted by atomic mass is 9.94. The van der Waals surface area contributed by atoms with E-state index in [0.717, 1.165) is 27.2 Å². The molecule has 3 aromatic carbocycles. The molecule has 0 aliphatic carbocycles. The highest BCUT2D eigenvalue weighted by atomic mass is 35.5. The largest absolute Gasteiger partial charge is 0.444 e. The van der Waals surface area contributed by atoms with E-state index in [1.807, 2.05) is 63.2 Å². The van der Waals surface area contributed by atoms with Gasteiger partial charge in [0.15, 0.2) is 0 Å². The normalized spacial score (nSPS) is 12.4. The van der Waals surface area contributed by atoms with Gasteiger partial charge in [0.05, 0.1) is 10.7 Å². The van der Waals surface area contributed by atoms with Gasteiger partial charge in [0.25, 0.3) is 11.8 Å². The topological polar surface area (TPSA) is 87.7 Å². The van der Waals surface area contributed by atoms with E-state index in [4.69, 9.17) is 22.8 Å². The lowest BCUT2D eigenvalue weighted by molar-refractivity contribution is -0.136. The smallest absolute Gasteiger partial charge is 0.408 e. The number of ether oxygens (including phenoxy) is 1. The number of halogens is 1. The Labute approximate surface area is 247 Å². The zero-order valence-electron chi connectivity index (χ0n) is 24.2. The van der Waals surface area contributed by atoms with Crippen LogP contribution in [0.4, 0.5) is 10.5 Å². The molecule has 2 atom stereocenters. The Balaban J connectivity index is 2.08. The number of nitrogens with zero attached hydrogens (tertiary/aromatic N) is 1. The fraction of sp³-hybridized carbons (Fsp3) is 0.303. The van der Waals surface area contributed by atoms with Crippen molar-refractivity contribution in [2.24, 2.45) is 0 Å². The van der Waals surface area contributed by atoms with E-state index in [0.29, 0.717) is 16.3 Å². The van der Waals surface area contributed by atoms with E-state index in [9.17, 15) is 14.4 Å². The Morgan fingerprint density at radius 2 is 1.59 bits per heavy atom. The number of terminal acetylenes is 1. The van der Waals surface area contributed by atoms with Gasteiger partial charge in [0, 0.05) is 12.5 Å². The second kappa shape index (κ2) is 13.4. The number of alkyl carbamates (subject to hydrolysis) is 1. The number of carbonyl (C=O) groups is 3. The fourth-order valence-electron chi connectivity index (χ4n) is 4.38. The molecular weight excluding hydrogens is 538 g/mol. The molecule has 3 rings (SSSR count). The molecule has 3 amide bonds. The summed E-state index contributed by atoms with van der Waals surface area (Å²) in [6.45, 7) is 10.8. The van der Waals surface area contributed by atoms with Crippen molar-refractivity contribution in [3.8, 4) is 12.5 Å². The van der Waals surface area contributed by atoms with Crippen molar-refractivity contribution in [2.75, 3.05) is 5.32 Å². The van der Waals surface area contributed by atoms with E-state index >= 15 is 0 Å². The van der Waals surface area contributed by atoms with Crippen molar-refractivity contribution in [2.45, 2.75) is 65.6 Å². The molecule has 214 valence electrons. The molecule has 0 saturated carbocycles. The average molecular weight is 574 g/mol. The van der Waals surface area contributed by atoms with E-state index in [-0.39, 0.29) is 6.42 Å². The van der Waals surface area contributed by atoms with Crippen LogP contribution in [0.15, 0.2) is 66.7 Å². The summed E-state index contributed by atoms with van der Waals surface area (Å²) in [6.07, 6.45) is 5.31. The molecule has 41 heavy (non-hydrogen) atoms. The van der Waals surface area contributed by atoms with Crippen molar-refractivity contribution in [3.05, 3.63) is 99.6 Å². The first kappa shape index (κ1) is 31.3. The lowest BCUT2D eigenvalue weighted by Gasteiger charge is -2.31. The summed E-state index contributed by atoms with van der Waals surface area (Å²) in [5.74, 6) is -1.18. The molecule has 0 aliphatic heterocycles. The fourth-order valence-corrected chi connectivity index (χ4v) is 4.65. The number of benzene rings is 3. The molecule has 0 aromatic heterocycles. The van der Waals surface area contributed by atoms with Gasteiger partial charge in [-0.2, -0.15) is 0 Å². The molecule has 3 aromatic rings. The van der Waals surface area contributed by atoms with Gasteiger partial charge in [-0.3, -0.25) is 14.5 Å². The summed E-state index contributed by atoms with van der Waals surface area (Å²) in [7, 11) is 0. The number of nitrogens with one attached hydrogen (secondary N) is 2. The van der Waals surface area contributed by atoms with Crippen LogP contribution in [0.2, 0.25) is 5.02 Å². The molecule has 2 N–H and O–H groups in total. The van der Waals surface area contributed by atoms with Gasteiger partial charge in [0.2, 0.25) is 0 Å². The van der Waals surface area contributed by atoms with Crippen LogP contribution in [0.1, 0.15) is 54.6 Å². The molecule has 0 radical (unpaired) electrons. The van der Waals surface area contributed by atoms with Crippen LogP contribution >= 0.6 is 11.6 Å². The first-order valence-electron chi connectivity index (χ1n) is 13.3. The molecule has 0 heterocycles. The molecule has 2 unspecified atom stereocenters. The third kappa shape index (κ3) is 8.12. The van der Waals surface area contributed by atoms with Crippen molar-refractivity contribution < 1.29 is 19.1 Å².